The number of methoxy groups -OCH3 is 1. The molecule has 0 amide bonds. The summed E-state index contributed by atoms with van der Waals surface area (Å²) in [6.45, 7) is 5.42. The molecule has 0 radical (unpaired) electrons. The van der Waals surface area contributed by atoms with Gasteiger partial charge in [0.1, 0.15) is 11.3 Å². The van der Waals surface area contributed by atoms with E-state index in [2.05, 4.69) is 5.32 Å². The van der Waals surface area contributed by atoms with E-state index in [4.69, 9.17) is 9.47 Å². The lowest BCUT2D eigenvalue weighted by Crippen LogP contribution is -2.24. The van der Waals surface area contributed by atoms with E-state index < -0.39 is 22.5 Å². The molecule has 1 N–H and O–H groups in total. The van der Waals surface area contributed by atoms with Crippen LogP contribution >= 0.6 is 0 Å². The first-order valence-electron chi connectivity index (χ1n) is 10.6. The Hall–Kier alpha value is -4.20. The van der Waals surface area contributed by atoms with Crippen molar-refractivity contribution < 1.29 is 24.0 Å². The van der Waals surface area contributed by atoms with Gasteiger partial charge in [0.05, 0.1) is 28.7 Å². The molecule has 0 aliphatic carbocycles. The van der Waals surface area contributed by atoms with Crippen molar-refractivity contribution in [3.05, 3.63) is 81.9 Å². The van der Waals surface area contributed by atoms with Crippen LogP contribution in [0.1, 0.15) is 41.5 Å². The van der Waals surface area contributed by atoms with Gasteiger partial charge in [-0.2, -0.15) is 0 Å². The Bertz CT molecular complexity index is 1240. The first kappa shape index (κ1) is 24.4. The summed E-state index contributed by atoms with van der Waals surface area (Å²) in [5.74, 6) is -1.10. The highest BCUT2D eigenvalue weighted by Gasteiger charge is 2.27. The van der Waals surface area contributed by atoms with E-state index in [1.807, 2.05) is 12.1 Å². The summed E-state index contributed by atoms with van der Waals surface area (Å²) < 4.78 is 10.3. The average Bonchev–Trinajstić information content (AvgIpc) is 2.81. The molecule has 34 heavy (non-hydrogen) atoms. The zero-order valence-corrected chi connectivity index (χ0v) is 19.7. The lowest BCUT2D eigenvalue weighted by molar-refractivity contribution is -0.383. The number of carbonyl (C=O) groups is 2. The zero-order valence-electron chi connectivity index (χ0n) is 19.7. The van der Waals surface area contributed by atoms with Gasteiger partial charge in [0.15, 0.2) is 0 Å². The Morgan fingerprint density at radius 2 is 1.44 bits per heavy atom. The van der Waals surface area contributed by atoms with Gasteiger partial charge in [-0.05, 0) is 55.7 Å². The molecule has 0 bridgehead atoms. The van der Waals surface area contributed by atoms with E-state index in [9.17, 15) is 19.7 Å². The number of carbonyl (C=O) groups excluding carboxylic acids is 2. The molecule has 0 aliphatic heterocycles. The van der Waals surface area contributed by atoms with Crippen LogP contribution in [0.25, 0.3) is 22.3 Å². The molecule has 176 valence electrons. The molecule has 0 atom stereocenters. The molecule has 0 saturated heterocycles. The average molecular weight is 463 g/mol. The molecule has 0 unspecified atom stereocenters. The van der Waals surface area contributed by atoms with Gasteiger partial charge in [0.2, 0.25) is 0 Å². The second-order valence-corrected chi connectivity index (χ2v) is 8.51. The van der Waals surface area contributed by atoms with Crippen molar-refractivity contribution >= 4 is 23.3 Å². The lowest BCUT2D eigenvalue weighted by Gasteiger charge is -2.20. The van der Waals surface area contributed by atoms with Crippen LogP contribution in [0.2, 0.25) is 0 Å². The number of anilines is 1. The van der Waals surface area contributed by atoms with Gasteiger partial charge in [-0.15, -0.1) is 0 Å². The maximum Gasteiger partial charge on any atom is 0.340 e. The summed E-state index contributed by atoms with van der Waals surface area (Å²) in [4.78, 5) is 36.2. The summed E-state index contributed by atoms with van der Waals surface area (Å²) in [5.41, 5.74) is 2.09. The van der Waals surface area contributed by atoms with Crippen LogP contribution < -0.4 is 5.32 Å². The minimum atomic E-state index is -0.673. The minimum absolute atomic E-state index is 0.0726. The topological polar surface area (TPSA) is 108 Å². The minimum Gasteiger partial charge on any atom is -0.465 e. The summed E-state index contributed by atoms with van der Waals surface area (Å²) in [5, 5.41) is 14.7. The normalized spacial score (nSPS) is 11.0. The summed E-state index contributed by atoms with van der Waals surface area (Å²) in [7, 11) is 2.73. The van der Waals surface area contributed by atoms with Crippen LogP contribution in [-0.2, 0) is 9.47 Å². The third-order valence-corrected chi connectivity index (χ3v) is 5.07. The molecule has 3 aromatic rings. The molecule has 0 aromatic heterocycles. The maximum atomic E-state index is 12.7. The number of nitrogens with zero attached hydrogens (tertiary/aromatic N) is 1. The third kappa shape index (κ3) is 5.06. The summed E-state index contributed by atoms with van der Waals surface area (Å²) >= 11 is 0. The van der Waals surface area contributed by atoms with Crippen molar-refractivity contribution in [3.63, 3.8) is 0 Å². The predicted octanol–water partition coefficient (Wildman–Crippen LogP) is 5.71. The van der Waals surface area contributed by atoms with Crippen molar-refractivity contribution in [1.82, 2.24) is 0 Å². The van der Waals surface area contributed by atoms with E-state index in [1.165, 1.54) is 26.3 Å². The number of rotatable bonds is 6. The fourth-order valence-electron chi connectivity index (χ4n) is 3.62. The van der Waals surface area contributed by atoms with Crippen LogP contribution in [0.15, 0.2) is 60.7 Å². The van der Waals surface area contributed by atoms with Crippen LogP contribution in [0, 0.1) is 10.1 Å². The molecule has 0 saturated carbocycles. The molecular formula is C26H26N2O6. The SMILES string of the molecule is CNc1c(C(=O)OC)ccc(-c2ccc(-c3ccccc3C(=O)OC(C)(C)C)cc2)c1[N+](=O)[O-]. The van der Waals surface area contributed by atoms with E-state index in [1.54, 1.807) is 57.2 Å². The standard InChI is InChI=1S/C26H26N2O6/c1-26(2,3)34-25(30)20-9-7-6-8-18(20)16-10-12-17(13-11-16)19-14-15-21(24(29)33-5)22(27-4)23(19)28(31)32/h6-15,27H,1-5H3. The molecular weight excluding hydrogens is 436 g/mol. The van der Waals surface area contributed by atoms with E-state index in [0.29, 0.717) is 22.3 Å². The number of nitro benzene ring substituents is 1. The van der Waals surface area contributed by atoms with Crippen molar-refractivity contribution in [3.8, 4) is 22.3 Å². The highest BCUT2D eigenvalue weighted by Crippen LogP contribution is 2.39. The van der Waals surface area contributed by atoms with Crippen LogP contribution in [0.4, 0.5) is 11.4 Å². The molecule has 0 spiro atoms. The number of esters is 2. The summed E-state index contributed by atoms with van der Waals surface area (Å²) in [6, 6.07) is 17.2. The largest absolute Gasteiger partial charge is 0.465 e. The number of hydrogen-bond donors (Lipinski definition) is 1. The smallest absolute Gasteiger partial charge is 0.340 e. The highest BCUT2D eigenvalue weighted by atomic mass is 16.6. The van der Waals surface area contributed by atoms with Gasteiger partial charge < -0.3 is 14.8 Å². The zero-order chi connectivity index (χ0) is 25.0. The Morgan fingerprint density at radius 3 is 1.97 bits per heavy atom. The third-order valence-electron chi connectivity index (χ3n) is 5.07. The lowest BCUT2D eigenvalue weighted by atomic mass is 9.95. The van der Waals surface area contributed by atoms with Gasteiger partial charge in [-0.1, -0.05) is 42.5 Å². The van der Waals surface area contributed by atoms with Gasteiger partial charge in [-0.3, -0.25) is 10.1 Å². The Morgan fingerprint density at radius 1 is 0.853 bits per heavy atom. The molecule has 3 rings (SSSR count). The molecule has 8 nitrogen and oxygen atoms in total. The van der Waals surface area contributed by atoms with Crippen molar-refractivity contribution in [2.45, 2.75) is 26.4 Å². The Kier molecular flexibility index (Phi) is 7.00. The fourth-order valence-corrected chi connectivity index (χ4v) is 3.62. The van der Waals surface area contributed by atoms with Gasteiger partial charge in [-0.25, -0.2) is 9.59 Å². The van der Waals surface area contributed by atoms with Crippen LogP contribution in [0.3, 0.4) is 0 Å². The second kappa shape index (κ2) is 9.74. The van der Waals surface area contributed by atoms with Gasteiger partial charge >= 0.3 is 17.6 Å². The number of ether oxygens (including phenoxy) is 2. The van der Waals surface area contributed by atoms with Gasteiger partial charge in [0.25, 0.3) is 0 Å². The summed E-state index contributed by atoms with van der Waals surface area (Å²) in [6.07, 6.45) is 0. The first-order chi connectivity index (χ1) is 16.1. The maximum absolute atomic E-state index is 12.7. The number of hydrogen-bond acceptors (Lipinski definition) is 7. The van der Waals surface area contributed by atoms with Crippen molar-refractivity contribution in [2.75, 3.05) is 19.5 Å². The molecule has 0 fully saturated rings. The Balaban J connectivity index is 2.06. The van der Waals surface area contributed by atoms with Crippen LogP contribution in [0.5, 0.6) is 0 Å². The fraction of sp³-hybridized carbons (Fsp3) is 0.231. The van der Waals surface area contributed by atoms with E-state index >= 15 is 0 Å². The molecule has 0 aliphatic rings. The van der Waals surface area contributed by atoms with Crippen LogP contribution in [-0.4, -0.2) is 36.6 Å². The molecule has 0 heterocycles. The monoisotopic (exact) mass is 462 g/mol. The van der Waals surface area contributed by atoms with Crippen molar-refractivity contribution in [2.24, 2.45) is 0 Å². The van der Waals surface area contributed by atoms with Gasteiger partial charge in [0, 0.05) is 7.05 Å². The molecule has 3 aromatic carbocycles. The predicted molar refractivity (Wildman–Crippen MR) is 130 cm³/mol. The Labute approximate surface area is 197 Å². The number of benzene rings is 3. The number of nitrogens with one attached hydrogen (secondary N) is 1. The van der Waals surface area contributed by atoms with Crippen molar-refractivity contribution in [1.29, 1.82) is 0 Å². The van der Waals surface area contributed by atoms with E-state index in [0.717, 1.165) is 5.56 Å². The highest BCUT2D eigenvalue weighted by molar-refractivity contribution is 6.01. The quantitative estimate of drug-likeness (QED) is 0.284. The van der Waals surface area contributed by atoms with E-state index in [-0.39, 0.29) is 16.9 Å². The number of nitro groups is 1. The second-order valence-electron chi connectivity index (χ2n) is 8.51. The molecule has 8 heteroatoms. The first-order valence-corrected chi connectivity index (χ1v) is 10.6.